The number of hydrogen-bond acceptors (Lipinski definition) is 4. The van der Waals surface area contributed by atoms with Gasteiger partial charge in [-0.2, -0.15) is 0 Å². The molecule has 5 nitrogen and oxygen atoms in total. The first-order chi connectivity index (χ1) is 22.5. The first-order valence-electron chi connectivity index (χ1n) is 16.1. The summed E-state index contributed by atoms with van der Waals surface area (Å²) < 4.78 is 2.09. The van der Waals surface area contributed by atoms with Crippen molar-refractivity contribution in [2.45, 2.75) is 52.4 Å². The van der Waals surface area contributed by atoms with Crippen LogP contribution in [-0.4, -0.2) is 19.6 Å². The van der Waals surface area contributed by atoms with Crippen LogP contribution in [0.5, 0.6) is 5.75 Å². The van der Waals surface area contributed by atoms with Gasteiger partial charge in [-0.3, -0.25) is 9.55 Å². The van der Waals surface area contributed by atoms with Gasteiger partial charge in [-0.15, -0.1) is 29.8 Å². The molecule has 0 unspecified atom stereocenters. The maximum atomic E-state index is 11.1. The van der Waals surface area contributed by atoms with Gasteiger partial charge >= 0.3 is 0 Å². The van der Waals surface area contributed by atoms with Crippen LogP contribution < -0.4 is 4.90 Å². The quantitative estimate of drug-likeness (QED) is 0.176. The molecule has 7 aromatic rings. The summed E-state index contributed by atoms with van der Waals surface area (Å²) in [6.45, 7) is 13.4. The molecule has 0 saturated heterocycles. The summed E-state index contributed by atoms with van der Waals surface area (Å²) in [6.07, 6.45) is 1.81. The molecular weight excluding hydrogens is 772 g/mol. The van der Waals surface area contributed by atoms with E-state index in [0.29, 0.717) is 5.69 Å². The van der Waals surface area contributed by atoms with Crippen molar-refractivity contribution in [3.8, 4) is 22.7 Å². The summed E-state index contributed by atoms with van der Waals surface area (Å²) in [6, 6.07) is 42.5. The summed E-state index contributed by atoms with van der Waals surface area (Å²) in [5.41, 5.74) is 8.23. The normalized spacial score (nSPS) is 11.9. The SMILES string of the molecule is CC(C)(C)c1ccc2c(c1)c1cc(C(C)(C)C)c(-c3[c-]c(N(c4ccccc4)c4ccccn4)ccc3)nc1n2-c1ccccc1O.[Pt]. The molecule has 0 spiro atoms. The van der Waals surface area contributed by atoms with Crippen molar-refractivity contribution in [1.29, 1.82) is 0 Å². The summed E-state index contributed by atoms with van der Waals surface area (Å²) in [5.74, 6) is 1.01. The van der Waals surface area contributed by atoms with Crippen LogP contribution in [0.25, 0.3) is 38.9 Å². The Labute approximate surface area is 297 Å². The number of phenolic OH excluding ortho intramolecular Hbond substituents is 1. The second-order valence-electron chi connectivity index (χ2n) is 14.1. The number of aromatic hydroxyl groups is 1. The predicted molar refractivity (Wildman–Crippen MR) is 194 cm³/mol. The van der Waals surface area contributed by atoms with Crippen LogP contribution in [0.15, 0.2) is 121 Å². The molecule has 0 radical (unpaired) electrons. The molecule has 48 heavy (non-hydrogen) atoms. The van der Waals surface area contributed by atoms with Gasteiger partial charge in [-0.25, -0.2) is 4.98 Å². The molecule has 0 aliphatic heterocycles. The van der Waals surface area contributed by atoms with Crippen molar-refractivity contribution >= 4 is 39.1 Å². The fourth-order valence-electron chi connectivity index (χ4n) is 6.26. The molecule has 3 heterocycles. The molecule has 0 aliphatic rings. The van der Waals surface area contributed by atoms with Crippen LogP contribution in [0.1, 0.15) is 52.7 Å². The minimum atomic E-state index is -0.217. The Morgan fingerprint density at radius 2 is 1.44 bits per heavy atom. The zero-order valence-electron chi connectivity index (χ0n) is 28.1. The number of nitrogens with zero attached hydrogens (tertiary/aromatic N) is 4. The monoisotopic (exact) mass is 810 g/mol. The van der Waals surface area contributed by atoms with Gasteiger partial charge in [0.25, 0.3) is 0 Å². The zero-order chi connectivity index (χ0) is 32.9. The standard InChI is InChI=1S/C42H39N4O.Pt/c1-41(2,3)29-22-23-35-32(26-29)33-27-34(42(4,5)6)39(44-40(33)46(35)36-19-10-11-20-37(36)47)28-15-14-18-31(25-28)45(30-16-8-7-9-17-30)38-21-12-13-24-43-38;/h7-24,26-27,47H,1-6H3;/q-1;. The van der Waals surface area contributed by atoms with Gasteiger partial charge in [-0.05, 0) is 76.3 Å². The van der Waals surface area contributed by atoms with Gasteiger partial charge in [0, 0.05) is 43.7 Å². The molecule has 0 atom stereocenters. The molecule has 0 aliphatic carbocycles. The molecule has 6 heteroatoms. The van der Waals surface area contributed by atoms with Crippen LogP contribution in [0.2, 0.25) is 0 Å². The fourth-order valence-corrected chi connectivity index (χ4v) is 6.26. The van der Waals surface area contributed by atoms with E-state index in [1.165, 1.54) is 5.56 Å². The van der Waals surface area contributed by atoms with Gasteiger partial charge in [0.05, 0.1) is 11.2 Å². The van der Waals surface area contributed by atoms with Crippen LogP contribution in [0.3, 0.4) is 0 Å². The van der Waals surface area contributed by atoms with E-state index in [0.717, 1.165) is 55.9 Å². The smallest absolute Gasteiger partial charge is 0.139 e. The number of hydrogen-bond donors (Lipinski definition) is 1. The van der Waals surface area contributed by atoms with Gasteiger partial charge in [0.15, 0.2) is 0 Å². The largest absolute Gasteiger partial charge is 0.506 e. The summed E-state index contributed by atoms with van der Waals surface area (Å²) in [5, 5.41) is 13.3. The Bertz CT molecular complexity index is 2190. The van der Waals surface area contributed by atoms with E-state index >= 15 is 0 Å². The Morgan fingerprint density at radius 1 is 0.708 bits per heavy atom. The van der Waals surface area contributed by atoms with Crippen molar-refractivity contribution in [3.63, 3.8) is 0 Å². The molecule has 1 N–H and O–H groups in total. The third kappa shape index (κ3) is 6.04. The molecule has 0 saturated carbocycles. The predicted octanol–water partition coefficient (Wildman–Crippen LogP) is 10.8. The summed E-state index contributed by atoms with van der Waals surface area (Å²) in [7, 11) is 0. The van der Waals surface area contributed by atoms with Crippen LogP contribution in [0.4, 0.5) is 17.2 Å². The number of pyridine rings is 2. The minimum Gasteiger partial charge on any atom is -0.506 e. The van der Waals surface area contributed by atoms with Crippen LogP contribution in [0, 0.1) is 6.07 Å². The van der Waals surface area contributed by atoms with Crippen molar-refractivity contribution in [2.24, 2.45) is 0 Å². The maximum absolute atomic E-state index is 11.1. The Balaban J connectivity index is 0.00000401. The van der Waals surface area contributed by atoms with E-state index in [1.54, 1.807) is 6.07 Å². The topological polar surface area (TPSA) is 54.2 Å². The van der Waals surface area contributed by atoms with Crippen LogP contribution in [-0.2, 0) is 31.9 Å². The van der Waals surface area contributed by atoms with E-state index in [1.807, 2.05) is 60.8 Å². The zero-order valence-corrected chi connectivity index (χ0v) is 30.4. The minimum absolute atomic E-state index is 0. The molecule has 4 aromatic carbocycles. The summed E-state index contributed by atoms with van der Waals surface area (Å²) >= 11 is 0. The number of anilines is 3. The van der Waals surface area contributed by atoms with E-state index in [9.17, 15) is 5.11 Å². The molecular formula is C42H39N4OPt-. The van der Waals surface area contributed by atoms with Gasteiger partial charge < -0.3 is 10.0 Å². The third-order valence-electron chi connectivity index (χ3n) is 8.71. The van der Waals surface area contributed by atoms with Gasteiger partial charge in [-0.1, -0.05) is 95.6 Å². The van der Waals surface area contributed by atoms with Gasteiger partial charge in [0.1, 0.15) is 17.2 Å². The molecule has 0 bridgehead atoms. The van der Waals surface area contributed by atoms with E-state index < -0.39 is 0 Å². The van der Waals surface area contributed by atoms with Crippen molar-refractivity contribution < 1.29 is 26.2 Å². The Morgan fingerprint density at radius 3 is 2.12 bits per heavy atom. The number of benzene rings is 4. The number of para-hydroxylation sites is 3. The summed E-state index contributed by atoms with van der Waals surface area (Å²) in [4.78, 5) is 12.3. The molecule has 0 fully saturated rings. The average Bonchev–Trinajstić information content (AvgIpc) is 3.37. The van der Waals surface area contributed by atoms with Crippen molar-refractivity contribution in [3.05, 3.63) is 139 Å². The average molecular weight is 811 g/mol. The second kappa shape index (κ2) is 12.7. The first kappa shape index (κ1) is 33.2. The maximum Gasteiger partial charge on any atom is 0.139 e. The Kier molecular flexibility index (Phi) is 8.78. The van der Waals surface area contributed by atoms with E-state index in [2.05, 4.69) is 112 Å². The molecule has 7 rings (SSSR count). The fraction of sp³-hybridized carbons (Fsp3) is 0.190. The number of aromatic nitrogens is 3. The number of rotatable bonds is 5. The van der Waals surface area contributed by atoms with Crippen molar-refractivity contribution in [1.82, 2.24) is 14.5 Å². The second-order valence-corrected chi connectivity index (χ2v) is 14.1. The van der Waals surface area contributed by atoms with Crippen molar-refractivity contribution in [2.75, 3.05) is 4.90 Å². The van der Waals surface area contributed by atoms with Crippen LogP contribution >= 0.6 is 0 Å². The first-order valence-corrected chi connectivity index (χ1v) is 16.1. The molecule has 0 amide bonds. The molecule has 3 aromatic heterocycles. The number of phenols is 1. The third-order valence-corrected chi connectivity index (χ3v) is 8.71. The Hall–Kier alpha value is -4.73. The molecule has 244 valence electrons. The van der Waals surface area contributed by atoms with E-state index in [4.69, 9.17) is 9.97 Å². The number of fused-ring (bicyclic) bond motifs is 3. The van der Waals surface area contributed by atoms with Gasteiger partial charge in [0.2, 0.25) is 0 Å². The van der Waals surface area contributed by atoms with E-state index in [-0.39, 0.29) is 37.6 Å².